The molecule has 0 amide bonds. The third-order valence-corrected chi connectivity index (χ3v) is 3.04. The Hall–Kier alpha value is -0.120. The Kier molecular flexibility index (Phi) is 3.19. The van der Waals surface area contributed by atoms with Crippen LogP contribution in [-0.4, -0.2) is 25.5 Å². The summed E-state index contributed by atoms with van der Waals surface area (Å²) < 4.78 is 10.9. The summed E-state index contributed by atoms with van der Waals surface area (Å²) in [4.78, 5) is 0. The first kappa shape index (κ1) is 9.44. The molecule has 1 aliphatic carbocycles. The summed E-state index contributed by atoms with van der Waals surface area (Å²) >= 11 is 0. The van der Waals surface area contributed by atoms with Crippen molar-refractivity contribution in [2.45, 2.75) is 44.4 Å². The SMILES string of the molecule is NC1CCCC(CC2OCCO2)C1. The van der Waals surface area contributed by atoms with Crippen LogP contribution in [0.25, 0.3) is 0 Å². The summed E-state index contributed by atoms with van der Waals surface area (Å²) in [5.41, 5.74) is 5.92. The molecule has 1 aliphatic heterocycles. The second-order valence-corrected chi connectivity index (χ2v) is 4.20. The molecule has 1 saturated heterocycles. The molecule has 2 unspecified atom stereocenters. The molecule has 0 aromatic carbocycles. The second-order valence-electron chi connectivity index (χ2n) is 4.20. The Balaban J connectivity index is 1.73. The van der Waals surface area contributed by atoms with E-state index in [1.54, 1.807) is 0 Å². The Morgan fingerprint density at radius 1 is 1.15 bits per heavy atom. The van der Waals surface area contributed by atoms with Gasteiger partial charge in [0.2, 0.25) is 0 Å². The summed E-state index contributed by atoms with van der Waals surface area (Å²) in [6, 6.07) is 0.417. The molecule has 0 aromatic rings. The van der Waals surface area contributed by atoms with Gasteiger partial charge in [-0.2, -0.15) is 0 Å². The van der Waals surface area contributed by atoms with Gasteiger partial charge in [-0.3, -0.25) is 0 Å². The minimum atomic E-state index is 0.0651. The van der Waals surface area contributed by atoms with E-state index >= 15 is 0 Å². The van der Waals surface area contributed by atoms with Gasteiger partial charge in [0.05, 0.1) is 13.2 Å². The van der Waals surface area contributed by atoms with Gasteiger partial charge in [-0.15, -0.1) is 0 Å². The fourth-order valence-corrected chi connectivity index (χ4v) is 2.36. The molecule has 3 heteroatoms. The smallest absolute Gasteiger partial charge is 0.158 e. The molecular formula is C10H19NO2. The van der Waals surface area contributed by atoms with Gasteiger partial charge >= 0.3 is 0 Å². The molecule has 3 nitrogen and oxygen atoms in total. The van der Waals surface area contributed by atoms with E-state index in [0.717, 1.165) is 32.0 Å². The largest absolute Gasteiger partial charge is 0.350 e. The van der Waals surface area contributed by atoms with Crippen molar-refractivity contribution in [2.24, 2.45) is 11.7 Å². The monoisotopic (exact) mass is 185 g/mol. The van der Waals surface area contributed by atoms with Crippen LogP contribution >= 0.6 is 0 Å². The highest BCUT2D eigenvalue weighted by molar-refractivity contribution is 4.76. The normalized spacial score (nSPS) is 36.7. The van der Waals surface area contributed by atoms with Crippen LogP contribution in [0.2, 0.25) is 0 Å². The van der Waals surface area contributed by atoms with Crippen molar-refractivity contribution >= 4 is 0 Å². The zero-order valence-corrected chi connectivity index (χ0v) is 8.08. The first-order chi connectivity index (χ1) is 6.34. The predicted octanol–water partition coefficient (Wildman–Crippen LogP) is 1.27. The van der Waals surface area contributed by atoms with E-state index in [9.17, 15) is 0 Å². The fraction of sp³-hybridized carbons (Fsp3) is 1.00. The van der Waals surface area contributed by atoms with E-state index in [0.29, 0.717) is 6.04 Å². The molecule has 0 spiro atoms. The minimum Gasteiger partial charge on any atom is -0.350 e. The van der Waals surface area contributed by atoms with Gasteiger partial charge in [0, 0.05) is 12.5 Å². The van der Waals surface area contributed by atoms with Gasteiger partial charge in [-0.1, -0.05) is 12.8 Å². The van der Waals surface area contributed by atoms with Crippen LogP contribution in [0, 0.1) is 5.92 Å². The van der Waals surface area contributed by atoms with E-state index in [-0.39, 0.29) is 6.29 Å². The average molecular weight is 185 g/mol. The van der Waals surface area contributed by atoms with Crippen molar-refractivity contribution in [3.8, 4) is 0 Å². The number of hydrogen-bond donors (Lipinski definition) is 1. The lowest BCUT2D eigenvalue weighted by atomic mass is 9.84. The molecule has 0 radical (unpaired) electrons. The van der Waals surface area contributed by atoms with Gasteiger partial charge < -0.3 is 15.2 Å². The van der Waals surface area contributed by atoms with E-state index in [1.165, 1.54) is 19.3 Å². The molecule has 76 valence electrons. The van der Waals surface area contributed by atoms with Gasteiger partial charge in [0.15, 0.2) is 6.29 Å². The molecule has 0 aromatic heterocycles. The summed E-state index contributed by atoms with van der Waals surface area (Å²) in [5.74, 6) is 0.729. The molecule has 2 N–H and O–H groups in total. The standard InChI is InChI=1S/C10H19NO2/c11-9-3-1-2-8(6-9)7-10-12-4-5-13-10/h8-10H,1-7,11H2. The molecule has 0 bridgehead atoms. The Morgan fingerprint density at radius 2 is 1.92 bits per heavy atom. The van der Waals surface area contributed by atoms with E-state index < -0.39 is 0 Å². The highest BCUT2D eigenvalue weighted by Gasteiger charge is 2.25. The van der Waals surface area contributed by atoms with Crippen molar-refractivity contribution in [1.29, 1.82) is 0 Å². The maximum Gasteiger partial charge on any atom is 0.158 e. The lowest BCUT2D eigenvalue weighted by molar-refractivity contribution is -0.0601. The molecule has 2 fully saturated rings. The molecule has 2 rings (SSSR count). The topological polar surface area (TPSA) is 44.5 Å². The van der Waals surface area contributed by atoms with Gasteiger partial charge in [0.25, 0.3) is 0 Å². The Labute approximate surface area is 79.6 Å². The van der Waals surface area contributed by atoms with Gasteiger partial charge in [0.1, 0.15) is 0 Å². The maximum absolute atomic E-state index is 5.92. The predicted molar refractivity (Wildman–Crippen MR) is 50.2 cm³/mol. The molecular weight excluding hydrogens is 166 g/mol. The lowest BCUT2D eigenvalue weighted by Crippen LogP contribution is -2.29. The van der Waals surface area contributed by atoms with Crippen molar-refractivity contribution < 1.29 is 9.47 Å². The summed E-state index contributed by atoms with van der Waals surface area (Å²) in [6.07, 6.45) is 6.05. The Bertz CT molecular complexity index is 157. The first-order valence-corrected chi connectivity index (χ1v) is 5.33. The highest BCUT2D eigenvalue weighted by Crippen LogP contribution is 2.28. The van der Waals surface area contributed by atoms with Gasteiger partial charge in [-0.25, -0.2) is 0 Å². The third-order valence-electron chi connectivity index (χ3n) is 3.04. The molecule has 2 aliphatic rings. The molecule has 1 saturated carbocycles. The van der Waals surface area contributed by atoms with Crippen LogP contribution in [-0.2, 0) is 9.47 Å². The van der Waals surface area contributed by atoms with E-state index in [2.05, 4.69) is 0 Å². The van der Waals surface area contributed by atoms with Crippen LogP contribution in [0.4, 0.5) is 0 Å². The Morgan fingerprint density at radius 3 is 2.62 bits per heavy atom. The lowest BCUT2D eigenvalue weighted by Gasteiger charge is -2.27. The van der Waals surface area contributed by atoms with Crippen molar-refractivity contribution in [3.05, 3.63) is 0 Å². The van der Waals surface area contributed by atoms with E-state index in [1.807, 2.05) is 0 Å². The third kappa shape index (κ3) is 2.66. The van der Waals surface area contributed by atoms with E-state index in [4.69, 9.17) is 15.2 Å². The van der Waals surface area contributed by atoms with Crippen LogP contribution in [0.1, 0.15) is 32.1 Å². The first-order valence-electron chi connectivity index (χ1n) is 5.33. The number of nitrogens with two attached hydrogens (primary N) is 1. The molecule has 2 atom stereocenters. The van der Waals surface area contributed by atoms with Crippen LogP contribution in [0.3, 0.4) is 0 Å². The average Bonchev–Trinajstić information content (AvgIpc) is 2.57. The maximum atomic E-state index is 5.92. The molecule has 13 heavy (non-hydrogen) atoms. The fourth-order valence-electron chi connectivity index (χ4n) is 2.36. The van der Waals surface area contributed by atoms with Crippen molar-refractivity contribution in [2.75, 3.05) is 13.2 Å². The van der Waals surface area contributed by atoms with Gasteiger partial charge in [-0.05, 0) is 18.8 Å². The number of hydrogen-bond acceptors (Lipinski definition) is 3. The van der Waals surface area contributed by atoms with Crippen LogP contribution in [0.5, 0.6) is 0 Å². The van der Waals surface area contributed by atoms with Crippen LogP contribution < -0.4 is 5.73 Å². The van der Waals surface area contributed by atoms with Crippen molar-refractivity contribution in [1.82, 2.24) is 0 Å². The highest BCUT2D eigenvalue weighted by atomic mass is 16.7. The second kappa shape index (κ2) is 4.40. The van der Waals surface area contributed by atoms with Crippen molar-refractivity contribution in [3.63, 3.8) is 0 Å². The number of rotatable bonds is 2. The quantitative estimate of drug-likeness (QED) is 0.704. The number of ether oxygens (including phenoxy) is 2. The zero-order valence-electron chi connectivity index (χ0n) is 8.08. The minimum absolute atomic E-state index is 0.0651. The summed E-state index contributed by atoms with van der Waals surface area (Å²) in [6.45, 7) is 1.53. The summed E-state index contributed by atoms with van der Waals surface area (Å²) in [5, 5.41) is 0. The zero-order chi connectivity index (χ0) is 9.10. The summed E-state index contributed by atoms with van der Waals surface area (Å²) in [7, 11) is 0. The molecule has 1 heterocycles. The van der Waals surface area contributed by atoms with Crippen LogP contribution in [0.15, 0.2) is 0 Å².